The molecule has 2 N–H and O–H groups in total. The first-order valence-electron chi connectivity index (χ1n) is 7.02. The molecule has 4 heteroatoms. The number of nitrogens with zero attached hydrogens (tertiary/aromatic N) is 1. The summed E-state index contributed by atoms with van der Waals surface area (Å²) in [4.78, 5) is 2.29. The molecular formula is C15H24N2O2. The van der Waals surface area contributed by atoms with Gasteiger partial charge in [-0.05, 0) is 24.5 Å². The number of rotatable bonds is 7. The molecule has 0 radical (unpaired) electrons. The van der Waals surface area contributed by atoms with Gasteiger partial charge in [-0.15, -0.1) is 0 Å². The third-order valence-corrected chi connectivity index (χ3v) is 3.50. The first kappa shape index (κ1) is 14.3. The lowest BCUT2D eigenvalue weighted by molar-refractivity contribution is 0.163. The van der Waals surface area contributed by atoms with Gasteiger partial charge in [0.05, 0.1) is 12.7 Å². The molecular weight excluding hydrogens is 240 g/mol. The number of nitrogens with one attached hydrogen (secondary N) is 1. The molecule has 1 aliphatic rings. The fourth-order valence-corrected chi connectivity index (χ4v) is 2.56. The van der Waals surface area contributed by atoms with E-state index in [0.29, 0.717) is 19.7 Å². The van der Waals surface area contributed by atoms with Gasteiger partial charge in [-0.2, -0.15) is 0 Å². The van der Waals surface area contributed by atoms with Gasteiger partial charge in [-0.3, -0.25) is 0 Å². The molecule has 0 spiro atoms. The van der Waals surface area contributed by atoms with E-state index >= 15 is 0 Å². The van der Waals surface area contributed by atoms with Crippen LogP contribution >= 0.6 is 0 Å². The molecule has 0 saturated heterocycles. The van der Waals surface area contributed by atoms with Crippen molar-refractivity contribution in [2.45, 2.75) is 18.9 Å². The van der Waals surface area contributed by atoms with E-state index in [2.05, 4.69) is 34.5 Å². The standard InChI is InChI=1S/C15H24N2O2/c1-19-10-8-16-11-14(18)12-17-9-4-6-13-5-2-3-7-15(13)17/h2-3,5,7,14,16,18H,4,6,8-12H2,1H3. The lowest BCUT2D eigenvalue weighted by atomic mass is 10.0. The van der Waals surface area contributed by atoms with E-state index < -0.39 is 0 Å². The lowest BCUT2D eigenvalue weighted by Gasteiger charge is -2.32. The molecule has 0 aliphatic carbocycles. The summed E-state index contributed by atoms with van der Waals surface area (Å²) >= 11 is 0. The maximum absolute atomic E-state index is 10.1. The summed E-state index contributed by atoms with van der Waals surface area (Å²) in [5.41, 5.74) is 2.68. The quantitative estimate of drug-likeness (QED) is 0.722. The summed E-state index contributed by atoms with van der Waals surface area (Å²) in [6, 6.07) is 8.50. The number of hydrogen-bond acceptors (Lipinski definition) is 4. The predicted molar refractivity (Wildman–Crippen MR) is 77.7 cm³/mol. The molecule has 2 rings (SSSR count). The third-order valence-electron chi connectivity index (χ3n) is 3.50. The molecule has 0 fully saturated rings. The van der Waals surface area contributed by atoms with Crippen LogP contribution in [0.2, 0.25) is 0 Å². The maximum atomic E-state index is 10.1. The fourth-order valence-electron chi connectivity index (χ4n) is 2.56. The number of ether oxygens (including phenoxy) is 1. The number of aliphatic hydroxyl groups is 1. The van der Waals surface area contributed by atoms with Crippen molar-refractivity contribution in [1.29, 1.82) is 0 Å². The molecule has 4 nitrogen and oxygen atoms in total. The topological polar surface area (TPSA) is 44.7 Å². The van der Waals surface area contributed by atoms with Crippen LogP contribution in [0.3, 0.4) is 0 Å². The first-order valence-corrected chi connectivity index (χ1v) is 7.02. The van der Waals surface area contributed by atoms with Gasteiger partial charge in [-0.25, -0.2) is 0 Å². The van der Waals surface area contributed by atoms with Gasteiger partial charge in [0.25, 0.3) is 0 Å². The average Bonchev–Trinajstić information content (AvgIpc) is 2.44. The normalized spacial score (nSPS) is 16.2. The van der Waals surface area contributed by atoms with Crippen LogP contribution in [0.4, 0.5) is 5.69 Å². The Hall–Kier alpha value is -1.10. The molecule has 1 unspecified atom stereocenters. The first-order chi connectivity index (χ1) is 9.31. The van der Waals surface area contributed by atoms with E-state index in [9.17, 15) is 5.11 Å². The highest BCUT2D eigenvalue weighted by atomic mass is 16.5. The molecule has 0 saturated carbocycles. The Balaban J connectivity index is 1.83. The fraction of sp³-hybridized carbons (Fsp3) is 0.600. The van der Waals surface area contributed by atoms with Crippen molar-refractivity contribution < 1.29 is 9.84 Å². The Labute approximate surface area is 115 Å². The Morgan fingerprint density at radius 3 is 3.11 bits per heavy atom. The van der Waals surface area contributed by atoms with Crippen molar-refractivity contribution >= 4 is 5.69 Å². The zero-order valence-corrected chi connectivity index (χ0v) is 11.6. The Morgan fingerprint density at radius 2 is 2.26 bits per heavy atom. The van der Waals surface area contributed by atoms with E-state index in [1.807, 2.05) is 0 Å². The van der Waals surface area contributed by atoms with Crippen molar-refractivity contribution in [3.8, 4) is 0 Å². The van der Waals surface area contributed by atoms with E-state index in [0.717, 1.165) is 19.5 Å². The minimum absolute atomic E-state index is 0.344. The molecule has 1 atom stereocenters. The van der Waals surface area contributed by atoms with Gasteiger partial charge in [0.2, 0.25) is 0 Å². The van der Waals surface area contributed by atoms with Crippen LogP contribution in [0.15, 0.2) is 24.3 Å². The molecule has 0 aromatic heterocycles. The molecule has 1 heterocycles. The van der Waals surface area contributed by atoms with Crippen LogP contribution in [-0.4, -0.2) is 51.1 Å². The SMILES string of the molecule is COCCNCC(O)CN1CCCc2ccccc21. The Morgan fingerprint density at radius 1 is 1.42 bits per heavy atom. The zero-order valence-electron chi connectivity index (χ0n) is 11.6. The molecule has 19 heavy (non-hydrogen) atoms. The molecule has 1 aromatic carbocycles. The minimum Gasteiger partial charge on any atom is -0.390 e. The number of β-amino-alcohol motifs (C(OH)–C–C–N with tert-alkyl or cyclic N) is 1. The van der Waals surface area contributed by atoms with Crippen molar-refractivity contribution in [3.05, 3.63) is 29.8 Å². The van der Waals surface area contributed by atoms with E-state index in [1.165, 1.54) is 17.7 Å². The van der Waals surface area contributed by atoms with Crippen LogP contribution in [-0.2, 0) is 11.2 Å². The summed E-state index contributed by atoms with van der Waals surface area (Å²) in [5.74, 6) is 0. The van der Waals surface area contributed by atoms with Crippen LogP contribution in [0.1, 0.15) is 12.0 Å². The van der Waals surface area contributed by atoms with Gasteiger partial charge in [-0.1, -0.05) is 18.2 Å². The zero-order chi connectivity index (χ0) is 13.5. The van der Waals surface area contributed by atoms with Crippen molar-refractivity contribution in [2.75, 3.05) is 44.8 Å². The molecule has 0 bridgehead atoms. The van der Waals surface area contributed by atoms with E-state index in [4.69, 9.17) is 4.74 Å². The van der Waals surface area contributed by atoms with Crippen molar-refractivity contribution in [1.82, 2.24) is 5.32 Å². The monoisotopic (exact) mass is 264 g/mol. The van der Waals surface area contributed by atoms with Gasteiger partial charge < -0.3 is 20.1 Å². The highest BCUT2D eigenvalue weighted by molar-refractivity contribution is 5.55. The smallest absolute Gasteiger partial charge is 0.0839 e. The van der Waals surface area contributed by atoms with E-state index in [1.54, 1.807) is 7.11 Å². The van der Waals surface area contributed by atoms with Gasteiger partial charge in [0.15, 0.2) is 0 Å². The largest absolute Gasteiger partial charge is 0.390 e. The summed E-state index contributed by atoms with van der Waals surface area (Å²) in [6.45, 7) is 3.80. The summed E-state index contributed by atoms with van der Waals surface area (Å²) < 4.78 is 4.97. The second-order valence-electron chi connectivity index (χ2n) is 5.03. The Bertz CT molecular complexity index is 384. The number of para-hydroxylation sites is 1. The second-order valence-corrected chi connectivity index (χ2v) is 5.03. The van der Waals surface area contributed by atoms with Crippen LogP contribution < -0.4 is 10.2 Å². The lowest BCUT2D eigenvalue weighted by Crippen LogP contribution is -2.41. The summed E-state index contributed by atoms with van der Waals surface area (Å²) in [6.07, 6.45) is 1.97. The maximum Gasteiger partial charge on any atom is 0.0839 e. The number of methoxy groups -OCH3 is 1. The summed E-state index contributed by atoms with van der Waals surface area (Å²) in [5, 5.41) is 13.3. The van der Waals surface area contributed by atoms with E-state index in [-0.39, 0.29) is 6.10 Å². The van der Waals surface area contributed by atoms with Gasteiger partial charge >= 0.3 is 0 Å². The second kappa shape index (κ2) is 7.48. The molecule has 1 aliphatic heterocycles. The molecule has 0 amide bonds. The predicted octanol–water partition coefficient (Wildman–Crippen LogP) is 1.04. The highest BCUT2D eigenvalue weighted by Crippen LogP contribution is 2.26. The number of fused-ring (bicyclic) bond motifs is 1. The van der Waals surface area contributed by atoms with Gasteiger partial charge in [0, 0.05) is 39.0 Å². The molecule has 106 valence electrons. The van der Waals surface area contributed by atoms with Gasteiger partial charge in [0.1, 0.15) is 0 Å². The molecule has 1 aromatic rings. The summed E-state index contributed by atoms with van der Waals surface area (Å²) in [7, 11) is 1.68. The van der Waals surface area contributed by atoms with Crippen LogP contribution in [0.5, 0.6) is 0 Å². The minimum atomic E-state index is -0.344. The van der Waals surface area contributed by atoms with Crippen molar-refractivity contribution in [3.63, 3.8) is 0 Å². The van der Waals surface area contributed by atoms with Crippen molar-refractivity contribution in [2.24, 2.45) is 0 Å². The number of hydrogen-bond donors (Lipinski definition) is 2. The third kappa shape index (κ3) is 4.20. The number of anilines is 1. The number of aryl methyl sites for hydroxylation is 1. The van der Waals surface area contributed by atoms with Crippen LogP contribution in [0, 0.1) is 0 Å². The number of benzene rings is 1. The number of aliphatic hydroxyl groups excluding tert-OH is 1. The van der Waals surface area contributed by atoms with Crippen LogP contribution in [0.25, 0.3) is 0 Å². The Kier molecular flexibility index (Phi) is 5.63. The highest BCUT2D eigenvalue weighted by Gasteiger charge is 2.18. The average molecular weight is 264 g/mol.